The lowest BCUT2D eigenvalue weighted by Gasteiger charge is -2.07. The SMILES string of the molecule is CS(=O)(=O)c1cccc(-n2cnn3ccc(Cl)c3c2=O)c1. The highest BCUT2D eigenvalue weighted by molar-refractivity contribution is 7.90. The third-order valence-electron chi connectivity index (χ3n) is 3.05. The fourth-order valence-electron chi connectivity index (χ4n) is 2.02. The topological polar surface area (TPSA) is 73.4 Å². The molecule has 0 amide bonds. The van der Waals surface area contributed by atoms with E-state index in [2.05, 4.69) is 5.10 Å². The van der Waals surface area contributed by atoms with Gasteiger partial charge in [0.2, 0.25) is 0 Å². The molecule has 0 unspecified atom stereocenters. The molecular weight excluding hydrogens is 314 g/mol. The molecule has 6 nitrogen and oxygen atoms in total. The third kappa shape index (κ3) is 2.34. The van der Waals surface area contributed by atoms with E-state index in [4.69, 9.17) is 11.6 Å². The summed E-state index contributed by atoms with van der Waals surface area (Å²) in [5.41, 5.74) is 0.282. The van der Waals surface area contributed by atoms with Crippen LogP contribution in [0.3, 0.4) is 0 Å². The molecule has 2 aromatic heterocycles. The standard InChI is InChI=1S/C13H10ClN3O3S/c1-21(19,20)10-4-2-3-9(7-10)16-8-15-17-6-5-11(14)12(17)13(16)18/h2-8H,1H3. The molecule has 0 fully saturated rings. The molecule has 3 aromatic rings. The Hall–Kier alpha value is -2.12. The van der Waals surface area contributed by atoms with E-state index >= 15 is 0 Å². The zero-order valence-corrected chi connectivity index (χ0v) is 12.5. The Kier molecular flexibility index (Phi) is 3.11. The fourth-order valence-corrected chi connectivity index (χ4v) is 2.90. The van der Waals surface area contributed by atoms with Crippen LogP contribution in [-0.4, -0.2) is 28.9 Å². The number of halogens is 1. The molecule has 0 aliphatic carbocycles. The Bertz CT molecular complexity index is 1000. The lowest BCUT2D eigenvalue weighted by atomic mass is 10.3. The minimum atomic E-state index is -3.35. The molecule has 108 valence electrons. The van der Waals surface area contributed by atoms with E-state index < -0.39 is 9.84 Å². The van der Waals surface area contributed by atoms with Gasteiger partial charge in [0.1, 0.15) is 11.8 Å². The Balaban J connectivity index is 2.29. The number of hydrogen-bond donors (Lipinski definition) is 0. The van der Waals surface area contributed by atoms with E-state index in [-0.39, 0.29) is 16.0 Å². The Morgan fingerprint density at radius 1 is 1.24 bits per heavy atom. The van der Waals surface area contributed by atoms with Crippen molar-refractivity contribution in [1.29, 1.82) is 0 Å². The molecule has 21 heavy (non-hydrogen) atoms. The Morgan fingerprint density at radius 3 is 2.71 bits per heavy atom. The van der Waals surface area contributed by atoms with Crippen LogP contribution >= 0.6 is 11.6 Å². The molecular formula is C13H10ClN3O3S. The Morgan fingerprint density at radius 2 is 2.00 bits per heavy atom. The van der Waals surface area contributed by atoms with Crippen molar-refractivity contribution in [3.05, 3.63) is 58.2 Å². The van der Waals surface area contributed by atoms with Gasteiger partial charge in [0, 0.05) is 12.5 Å². The number of nitrogens with zero attached hydrogens (tertiary/aromatic N) is 3. The first-order valence-electron chi connectivity index (χ1n) is 5.93. The van der Waals surface area contributed by atoms with Crippen molar-refractivity contribution < 1.29 is 8.42 Å². The highest BCUT2D eigenvalue weighted by Gasteiger charge is 2.12. The average Bonchev–Trinajstić information content (AvgIpc) is 2.81. The number of aromatic nitrogens is 3. The normalized spacial score (nSPS) is 11.9. The molecule has 0 saturated heterocycles. The van der Waals surface area contributed by atoms with E-state index in [9.17, 15) is 13.2 Å². The van der Waals surface area contributed by atoms with Crippen molar-refractivity contribution >= 4 is 27.0 Å². The van der Waals surface area contributed by atoms with Crippen molar-refractivity contribution in [2.45, 2.75) is 4.90 Å². The van der Waals surface area contributed by atoms with Gasteiger partial charge in [-0.15, -0.1) is 0 Å². The maximum Gasteiger partial charge on any atom is 0.283 e. The molecule has 0 saturated carbocycles. The van der Waals surface area contributed by atoms with Gasteiger partial charge in [-0.05, 0) is 24.3 Å². The molecule has 0 aliphatic heterocycles. The van der Waals surface area contributed by atoms with Crippen LogP contribution in [0.5, 0.6) is 0 Å². The Labute approximate surface area is 125 Å². The van der Waals surface area contributed by atoms with Gasteiger partial charge in [-0.3, -0.25) is 9.36 Å². The number of sulfone groups is 1. The van der Waals surface area contributed by atoms with E-state index in [0.29, 0.717) is 10.7 Å². The number of benzene rings is 1. The molecule has 1 aromatic carbocycles. The maximum absolute atomic E-state index is 12.4. The van der Waals surface area contributed by atoms with Crippen LogP contribution in [0.4, 0.5) is 0 Å². The molecule has 3 rings (SSSR count). The van der Waals surface area contributed by atoms with Gasteiger partial charge in [0.15, 0.2) is 9.84 Å². The molecule has 0 bridgehead atoms. The summed E-state index contributed by atoms with van der Waals surface area (Å²) in [5.74, 6) is 0. The summed E-state index contributed by atoms with van der Waals surface area (Å²) in [6, 6.07) is 7.67. The van der Waals surface area contributed by atoms with Gasteiger partial charge in [-0.2, -0.15) is 5.10 Å². The largest absolute Gasteiger partial charge is 0.283 e. The van der Waals surface area contributed by atoms with Crippen LogP contribution in [0.2, 0.25) is 5.02 Å². The van der Waals surface area contributed by atoms with Crippen LogP contribution in [0.1, 0.15) is 0 Å². The van der Waals surface area contributed by atoms with E-state index in [0.717, 1.165) is 6.26 Å². The third-order valence-corrected chi connectivity index (χ3v) is 4.47. The monoisotopic (exact) mass is 323 g/mol. The predicted octanol–water partition coefficient (Wildman–Crippen LogP) is 1.54. The van der Waals surface area contributed by atoms with Gasteiger partial charge in [-0.25, -0.2) is 12.9 Å². The van der Waals surface area contributed by atoms with Crippen LogP contribution in [0.15, 0.2) is 52.5 Å². The van der Waals surface area contributed by atoms with Crippen molar-refractivity contribution in [2.24, 2.45) is 0 Å². The lowest BCUT2D eigenvalue weighted by Crippen LogP contribution is -2.21. The molecule has 2 heterocycles. The summed E-state index contributed by atoms with van der Waals surface area (Å²) < 4.78 is 25.8. The number of hydrogen-bond acceptors (Lipinski definition) is 4. The quantitative estimate of drug-likeness (QED) is 0.717. The highest BCUT2D eigenvalue weighted by atomic mass is 35.5. The number of rotatable bonds is 2. The molecule has 0 radical (unpaired) electrons. The predicted molar refractivity (Wildman–Crippen MR) is 78.9 cm³/mol. The van der Waals surface area contributed by atoms with Crippen LogP contribution < -0.4 is 5.56 Å². The summed E-state index contributed by atoms with van der Waals surface area (Å²) in [6.07, 6.45) is 4.02. The second-order valence-corrected chi connectivity index (χ2v) is 6.96. The summed E-state index contributed by atoms with van der Waals surface area (Å²) in [5, 5.41) is 4.37. The van der Waals surface area contributed by atoms with E-state index in [1.54, 1.807) is 24.4 Å². The minimum Gasteiger partial charge on any atom is -0.266 e. The maximum atomic E-state index is 12.4. The second kappa shape index (κ2) is 4.71. The van der Waals surface area contributed by atoms with Gasteiger partial charge in [0.25, 0.3) is 5.56 Å². The van der Waals surface area contributed by atoms with Gasteiger partial charge >= 0.3 is 0 Å². The first kappa shape index (κ1) is 13.8. The first-order valence-corrected chi connectivity index (χ1v) is 8.20. The van der Waals surface area contributed by atoms with Crippen LogP contribution in [0.25, 0.3) is 11.2 Å². The van der Waals surface area contributed by atoms with Gasteiger partial charge < -0.3 is 0 Å². The zero-order valence-electron chi connectivity index (χ0n) is 10.9. The second-order valence-electron chi connectivity index (χ2n) is 4.53. The fraction of sp³-hybridized carbons (Fsp3) is 0.0769. The smallest absolute Gasteiger partial charge is 0.266 e. The summed E-state index contributed by atoms with van der Waals surface area (Å²) in [4.78, 5) is 12.6. The zero-order chi connectivity index (χ0) is 15.2. The van der Waals surface area contributed by atoms with Gasteiger partial charge in [-0.1, -0.05) is 17.7 Å². The molecule has 0 aliphatic rings. The minimum absolute atomic E-state index is 0.133. The van der Waals surface area contributed by atoms with E-state index in [1.807, 2.05) is 0 Å². The van der Waals surface area contributed by atoms with E-state index in [1.165, 1.54) is 27.5 Å². The van der Waals surface area contributed by atoms with Crippen LogP contribution in [0, 0.1) is 0 Å². The molecule has 8 heteroatoms. The summed E-state index contributed by atoms with van der Waals surface area (Å²) >= 11 is 5.97. The summed E-state index contributed by atoms with van der Waals surface area (Å²) in [6.45, 7) is 0. The molecule has 0 atom stereocenters. The molecule has 0 N–H and O–H groups in total. The summed E-state index contributed by atoms with van der Waals surface area (Å²) in [7, 11) is -3.35. The first-order chi connectivity index (χ1) is 9.88. The van der Waals surface area contributed by atoms with Crippen molar-refractivity contribution in [3.8, 4) is 5.69 Å². The molecule has 0 spiro atoms. The number of fused-ring (bicyclic) bond motifs is 1. The van der Waals surface area contributed by atoms with Crippen molar-refractivity contribution in [1.82, 2.24) is 14.2 Å². The highest BCUT2D eigenvalue weighted by Crippen LogP contribution is 2.16. The van der Waals surface area contributed by atoms with Gasteiger partial charge in [0.05, 0.1) is 15.6 Å². The van der Waals surface area contributed by atoms with Crippen molar-refractivity contribution in [2.75, 3.05) is 6.26 Å². The lowest BCUT2D eigenvalue weighted by molar-refractivity contribution is 0.602. The average molecular weight is 324 g/mol. The van der Waals surface area contributed by atoms with Crippen molar-refractivity contribution in [3.63, 3.8) is 0 Å². The van der Waals surface area contributed by atoms with Crippen LogP contribution in [-0.2, 0) is 9.84 Å².